The molecule has 98 valence electrons. The number of hydrogen-bond acceptors (Lipinski definition) is 5. The quantitative estimate of drug-likeness (QED) is 0.733. The molecule has 0 amide bonds. The van der Waals surface area contributed by atoms with E-state index in [1.165, 1.54) is 22.5 Å². The van der Waals surface area contributed by atoms with Gasteiger partial charge in [0.2, 0.25) is 5.89 Å². The first-order valence-electron chi connectivity index (χ1n) is 6.07. The molecular formula is C14H15N3OS. The number of fused-ring (bicyclic) bond motifs is 1. The second-order valence-corrected chi connectivity index (χ2v) is 5.75. The second-order valence-electron chi connectivity index (χ2n) is 4.75. The normalized spacial score (nSPS) is 11.4. The molecule has 3 heterocycles. The lowest BCUT2D eigenvalue weighted by molar-refractivity contribution is 0.544. The van der Waals surface area contributed by atoms with Crippen molar-refractivity contribution in [2.75, 3.05) is 5.73 Å². The maximum Gasteiger partial charge on any atom is 0.238 e. The van der Waals surface area contributed by atoms with Crippen LogP contribution >= 0.6 is 11.3 Å². The molecule has 0 aromatic carbocycles. The van der Waals surface area contributed by atoms with Gasteiger partial charge >= 0.3 is 0 Å². The number of nitrogens with two attached hydrogens (primary N) is 1. The van der Waals surface area contributed by atoms with Crippen molar-refractivity contribution in [2.45, 2.75) is 27.7 Å². The fraction of sp³-hybridized carbons (Fsp3) is 0.286. The van der Waals surface area contributed by atoms with Gasteiger partial charge in [0.25, 0.3) is 0 Å². The van der Waals surface area contributed by atoms with E-state index in [-0.39, 0.29) is 0 Å². The van der Waals surface area contributed by atoms with Crippen LogP contribution in [0.4, 0.5) is 5.69 Å². The molecular weight excluding hydrogens is 258 g/mol. The zero-order valence-corrected chi connectivity index (χ0v) is 12.2. The number of aryl methyl sites for hydroxylation is 3. The summed E-state index contributed by atoms with van der Waals surface area (Å²) >= 11 is 1.53. The van der Waals surface area contributed by atoms with Crippen LogP contribution in [0.5, 0.6) is 0 Å². The molecule has 0 saturated carbocycles. The highest BCUT2D eigenvalue weighted by atomic mass is 32.1. The molecule has 0 aliphatic heterocycles. The largest absolute Gasteiger partial charge is 0.441 e. The molecule has 0 unspecified atom stereocenters. The third-order valence-corrected chi connectivity index (χ3v) is 4.58. The molecule has 0 fully saturated rings. The summed E-state index contributed by atoms with van der Waals surface area (Å²) in [6.07, 6.45) is 1.70. The monoisotopic (exact) mass is 273 g/mol. The van der Waals surface area contributed by atoms with Crippen LogP contribution in [0.2, 0.25) is 0 Å². The Kier molecular flexibility index (Phi) is 2.60. The van der Waals surface area contributed by atoms with Gasteiger partial charge in [0, 0.05) is 11.1 Å². The van der Waals surface area contributed by atoms with Crippen LogP contribution in [0.15, 0.2) is 10.6 Å². The zero-order chi connectivity index (χ0) is 13.7. The number of anilines is 1. The number of oxazole rings is 1. The first kappa shape index (κ1) is 12.2. The fourth-order valence-electron chi connectivity index (χ4n) is 2.19. The molecule has 0 bridgehead atoms. The van der Waals surface area contributed by atoms with E-state index in [1.807, 2.05) is 13.8 Å². The van der Waals surface area contributed by atoms with Crippen LogP contribution < -0.4 is 5.73 Å². The third kappa shape index (κ3) is 1.73. The smallest absolute Gasteiger partial charge is 0.238 e. The standard InChI is InChI=1S/C14H15N3OS/c1-6-5-16-13(18-6)12-11(15)10-8(3)7(2)9(4)17-14(10)19-12/h5H,15H2,1-4H3. The predicted octanol–water partition coefficient (Wildman–Crippen LogP) is 3.77. The summed E-state index contributed by atoms with van der Waals surface area (Å²) in [6, 6.07) is 0. The summed E-state index contributed by atoms with van der Waals surface area (Å²) in [6.45, 7) is 8.05. The van der Waals surface area contributed by atoms with Crippen molar-refractivity contribution < 1.29 is 4.42 Å². The van der Waals surface area contributed by atoms with Crippen LogP contribution in [0.25, 0.3) is 21.0 Å². The lowest BCUT2D eigenvalue weighted by Crippen LogP contribution is -1.93. The summed E-state index contributed by atoms with van der Waals surface area (Å²) in [5.41, 5.74) is 10.4. The van der Waals surface area contributed by atoms with Gasteiger partial charge in [0.05, 0.1) is 11.9 Å². The number of rotatable bonds is 1. The first-order valence-corrected chi connectivity index (χ1v) is 6.89. The zero-order valence-electron chi connectivity index (χ0n) is 11.4. The molecule has 0 radical (unpaired) electrons. The summed E-state index contributed by atoms with van der Waals surface area (Å²) < 4.78 is 5.57. The fourth-order valence-corrected chi connectivity index (χ4v) is 3.32. The van der Waals surface area contributed by atoms with E-state index in [0.29, 0.717) is 5.89 Å². The average Bonchev–Trinajstić information content (AvgIpc) is 2.91. The van der Waals surface area contributed by atoms with Crippen molar-refractivity contribution in [3.8, 4) is 10.8 Å². The van der Waals surface area contributed by atoms with Crippen LogP contribution in [0.3, 0.4) is 0 Å². The van der Waals surface area contributed by atoms with E-state index in [2.05, 4.69) is 23.8 Å². The number of nitrogen functional groups attached to an aromatic ring is 1. The van der Waals surface area contributed by atoms with Crippen LogP contribution in [-0.4, -0.2) is 9.97 Å². The number of pyridine rings is 1. The molecule has 3 rings (SSSR count). The third-order valence-electron chi connectivity index (χ3n) is 3.49. The molecule has 19 heavy (non-hydrogen) atoms. The number of aromatic nitrogens is 2. The Morgan fingerprint density at radius 2 is 1.89 bits per heavy atom. The van der Waals surface area contributed by atoms with Crippen molar-refractivity contribution in [1.29, 1.82) is 0 Å². The second kappa shape index (κ2) is 4.06. The van der Waals surface area contributed by atoms with E-state index < -0.39 is 0 Å². The Labute approximate surface area is 115 Å². The van der Waals surface area contributed by atoms with E-state index in [9.17, 15) is 0 Å². The molecule has 0 spiro atoms. The average molecular weight is 273 g/mol. The molecule has 3 aromatic rings. The van der Waals surface area contributed by atoms with E-state index in [0.717, 1.165) is 32.2 Å². The van der Waals surface area contributed by atoms with E-state index in [4.69, 9.17) is 10.2 Å². The SMILES string of the molecule is Cc1cnc(-c2sc3nc(C)c(C)c(C)c3c2N)o1. The molecule has 0 aliphatic rings. The molecule has 5 heteroatoms. The van der Waals surface area contributed by atoms with Gasteiger partial charge in [-0.1, -0.05) is 0 Å². The van der Waals surface area contributed by atoms with Crippen molar-refractivity contribution in [2.24, 2.45) is 0 Å². The summed E-state index contributed by atoms with van der Waals surface area (Å²) in [5.74, 6) is 1.36. The Hall–Kier alpha value is -1.88. The highest BCUT2D eigenvalue weighted by Gasteiger charge is 2.19. The van der Waals surface area contributed by atoms with Gasteiger partial charge in [-0.05, 0) is 38.8 Å². The highest BCUT2D eigenvalue weighted by Crippen LogP contribution is 2.41. The van der Waals surface area contributed by atoms with Gasteiger partial charge in [-0.3, -0.25) is 0 Å². The van der Waals surface area contributed by atoms with Crippen molar-refractivity contribution in [3.05, 3.63) is 28.8 Å². The molecule has 0 saturated heterocycles. The van der Waals surface area contributed by atoms with E-state index >= 15 is 0 Å². The van der Waals surface area contributed by atoms with Crippen LogP contribution in [0, 0.1) is 27.7 Å². The maximum atomic E-state index is 6.27. The minimum Gasteiger partial charge on any atom is -0.441 e. The van der Waals surface area contributed by atoms with Gasteiger partial charge < -0.3 is 10.2 Å². The van der Waals surface area contributed by atoms with Gasteiger partial charge in [-0.15, -0.1) is 11.3 Å². The molecule has 3 aromatic heterocycles. The highest BCUT2D eigenvalue weighted by molar-refractivity contribution is 7.22. The Morgan fingerprint density at radius 1 is 1.16 bits per heavy atom. The lowest BCUT2D eigenvalue weighted by Gasteiger charge is -2.05. The van der Waals surface area contributed by atoms with Gasteiger partial charge in [-0.25, -0.2) is 9.97 Å². The van der Waals surface area contributed by atoms with Crippen LogP contribution in [-0.2, 0) is 0 Å². The van der Waals surface area contributed by atoms with E-state index in [1.54, 1.807) is 6.20 Å². The topological polar surface area (TPSA) is 64.9 Å². The minimum absolute atomic E-state index is 0.577. The first-order chi connectivity index (χ1) is 8.99. The number of thiophene rings is 1. The Balaban J connectivity index is 2.35. The van der Waals surface area contributed by atoms with Crippen LogP contribution in [0.1, 0.15) is 22.6 Å². The van der Waals surface area contributed by atoms with Gasteiger partial charge in [0.1, 0.15) is 15.5 Å². The lowest BCUT2D eigenvalue weighted by atomic mass is 10.1. The van der Waals surface area contributed by atoms with Crippen molar-refractivity contribution in [3.63, 3.8) is 0 Å². The molecule has 0 aliphatic carbocycles. The molecule has 4 nitrogen and oxygen atoms in total. The number of hydrogen-bond donors (Lipinski definition) is 1. The van der Waals surface area contributed by atoms with Crippen molar-refractivity contribution >= 4 is 27.2 Å². The van der Waals surface area contributed by atoms with Gasteiger partial charge in [0.15, 0.2) is 0 Å². The summed E-state index contributed by atoms with van der Waals surface area (Å²) in [7, 11) is 0. The number of nitrogens with zero attached hydrogens (tertiary/aromatic N) is 2. The van der Waals surface area contributed by atoms with Crippen molar-refractivity contribution in [1.82, 2.24) is 9.97 Å². The summed E-state index contributed by atoms with van der Waals surface area (Å²) in [5, 5.41) is 1.03. The minimum atomic E-state index is 0.577. The van der Waals surface area contributed by atoms with Gasteiger partial charge in [-0.2, -0.15) is 0 Å². The Morgan fingerprint density at radius 3 is 2.53 bits per heavy atom. The summed E-state index contributed by atoms with van der Waals surface area (Å²) in [4.78, 5) is 10.7. The predicted molar refractivity (Wildman–Crippen MR) is 78.5 cm³/mol. The molecule has 0 atom stereocenters. The maximum absolute atomic E-state index is 6.27. The Bertz CT molecular complexity index is 786. The molecule has 2 N–H and O–H groups in total.